The van der Waals surface area contributed by atoms with Crippen LogP contribution in [0.25, 0.3) is 31.6 Å². The lowest BCUT2D eigenvalue weighted by Gasteiger charge is -1.91. The molecule has 1 aliphatic carbocycles. The topological polar surface area (TPSA) is 0 Å². The molecular formula is C18H18S2. The highest BCUT2D eigenvalue weighted by atomic mass is 32.1. The van der Waals surface area contributed by atoms with E-state index in [2.05, 4.69) is 55.5 Å². The minimum atomic E-state index is 0.536. The van der Waals surface area contributed by atoms with Gasteiger partial charge in [0, 0.05) is 20.5 Å². The summed E-state index contributed by atoms with van der Waals surface area (Å²) in [5, 5.41) is 1.41. The molecule has 1 atom stereocenters. The van der Waals surface area contributed by atoms with E-state index in [-0.39, 0.29) is 0 Å². The number of rotatable bonds is 0. The van der Waals surface area contributed by atoms with Crippen LogP contribution in [0.2, 0.25) is 0 Å². The highest BCUT2D eigenvalue weighted by Crippen LogP contribution is 2.44. The van der Waals surface area contributed by atoms with E-state index in [1.165, 1.54) is 29.9 Å². The van der Waals surface area contributed by atoms with Crippen LogP contribution in [-0.2, 0) is 0 Å². The lowest BCUT2D eigenvalue weighted by atomic mass is 10.1. The van der Waals surface area contributed by atoms with Gasteiger partial charge < -0.3 is 0 Å². The molecule has 2 heterocycles. The monoisotopic (exact) mass is 298 g/mol. The molecule has 0 saturated heterocycles. The molecule has 0 amide bonds. The van der Waals surface area contributed by atoms with Gasteiger partial charge in [-0.05, 0) is 18.1 Å². The number of thiophene rings is 2. The minimum absolute atomic E-state index is 0.536. The molecule has 0 spiro atoms. The third-order valence-corrected chi connectivity index (χ3v) is 5.93. The summed E-state index contributed by atoms with van der Waals surface area (Å²) in [4.78, 5) is 1.41. The van der Waals surface area contributed by atoms with E-state index in [1.807, 2.05) is 36.5 Å². The minimum Gasteiger partial charge on any atom is -0.134 e. The van der Waals surface area contributed by atoms with Crippen LogP contribution in [0.3, 0.4) is 0 Å². The van der Waals surface area contributed by atoms with Crippen LogP contribution in [0, 0.1) is 5.92 Å². The maximum absolute atomic E-state index is 2.30. The van der Waals surface area contributed by atoms with E-state index in [0.29, 0.717) is 5.92 Å². The fourth-order valence-corrected chi connectivity index (χ4v) is 5.06. The summed E-state index contributed by atoms with van der Waals surface area (Å²) in [6.07, 6.45) is 9.16. The van der Waals surface area contributed by atoms with Crippen molar-refractivity contribution in [3.8, 4) is 0 Å². The summed E-state index contributed by atoms with van der Waals surface area (Å²) in [6.45, 7) is 6.23. The van der Waals surface area contributed by atoms with Gasteiger partial charge in [0.15, 0.2) is 0 Å². The van der Waals surface area contributed by atoms with Crippen molar-refractivity contribution in [2.45, 2.75) is 20.8 Å². The number of hydrogen-bond donors (Lipinski definition) is 0. The molecule has 2 heteroatoms. The third-order valence-electron chi connectivity index (χ3n) is 3.39. The zero-order chi connectivity index (χ0) is 14.1. The van der Waals surface area contributed by atoms with Crippen molar-refractivity contribution in [3.63, 3.8) is 0 Å². The van der Waals surface area contributed by atoms with Crippen LogP contribution in [0.1, 0.15) is 31.2 Å². The Bertz CT molecular complexity index is 799. The van der Waals surface area contributed by atoms with E-state index >= 15 is 0 Å². The van der Waals surface area contributed by atoms with E-state index in [4.69, 9.17) is 0 Å². The van der Waals surface area contributed by atoms with Gasteiger partial charge in [-0.1, -0.05) is 57.2 Å². The summed E-state index contributed by atoms with van der Waals surface area (Å²) in [5.74, 6) is 0.536. The van der Waals surface area contributed by atoms with Gasteiger partial charge in [0.25, 0.3) is 0 Å². The Morgan fingerprint density at radius 1 is 0.900 bits per heavy atom. The molecule has 0 N–H and O–H groups in total. The van der Waals surface area contributed by atoms with Crippen molar-refractivity contribution in [1.29, 1.82) is 0 Å². The lowest BCUT2D eigenvalue weighted by Crippen LogP contribution is -1.77. The molecule has 0 nitrogen and oxygen atoms in total. The van der Waals surface area contributed by atoms with Gasteiger partial charge in [-0.15, -0.1) is 22.7 Å². The average molecular weight is 298 g/mol. The van der Waals surface area contributed by atoms with Crippen LogP contribution < -0.4 is 0 Å². The predicted molar refractivity (Wildman–Crippen MR) is 95.8 cm³/mol. The quantitative estimate of drug-likeness (QED) is 0.427. The van der Waals surface area contributed by atoms with Gasteiger partial charge in [0.2, 0.25) is 0 Å². The van der Waals surface area contributed by atoms with Crippen molar-refractivity contribution in [3.05, 3.63) is 46.9 Å². The van der Waals surface area contributed by atoms with Gasteiger partial charge in [0.1, 0.15) is 0 Å². The SMILES string of the molecule is CC.CC1C=Cc2sc3c(sc4ccccc43)c2C=C1. The molecule has 0 saturated carbocycles. The van der Waals surface area contributed by atoms with Crippen LogP contribution in [0.15, 0.2) is 36.4 Å². The van der Waals surface area contributed by atoms with E-state index in [0.717, 1.165) is 0 Å². The van der Waals surface area contributed by atoms with Crippen LogP contribution in [-0.4, -0.2) is 0 Å². The Hall–Kier alpha value is -1.38. The summed E-state index contributed by atoms with van der Waals surface area (Å²) in [5.41, 5.74) is 1.41. The lowest BCUT2D eigenvalue weighted by molar-refractivity contribution is 0.954. The van der Waals surface area contributed by atoms with E-state index in [1.54, 1.807) is 0 Å². The Labute approximate surface area is 128 Å². The van der Waals surface area contributed by atoms with Gasteiger partial charge in [-0.2, -0.15) is 0 Å². The molecule has 0 radical (unpaired) electrons. The molecule has 102 valence electrons. The fraction of sp³-hybridized carbons (Fsp3) is 0.222. The average Bonchev–Trinajstić information content (AvgIpc) is 2.94. The van der Waals surface area contributed by atoms with Crippen molar-refractivity contribution in [1.82, 2.24) is 0 Å². The molecule has 1 unspecified atom stereocenters. The van der Waals surface area contributed by atoms with Gasteiger partial charge >= 0.3 is 0 Å². The summed E-state index contributed by atoms with van der Waals surface area (Å²) in [6, 6.07) is 8.71. The zero-order valence-electron chi connectivity index (χ0n) is 12.0. The Kier molecular flexibility index (Phi) is 3.77. The Morgan fingerprint density at radius 2 is 1.65 bits per heavy atom. The van der Waals surface area contributed by atoms with Crippen LogP contribution >= 0.6 is 22.7 Å². The Morgan fingerprint density at radius 3 is 2.50 bits per heavy atom. The Balaban J connectivity index is 0.000000581. The maximum atomic E-state index is 2.30. The molecule has 0 bridgehead atoms. The normalized spacial score (nSPS) is 16.9. The number of benzene rings is 1. The highest BCUT2D eigenvalue weighted by Gasteiger charge is 2.15. The molecule has 4 rings (SSSR count). The van der Waals surface area contributed by atoms with Crippen LogP contribution in [0.5, 0.6) is 0 Å². The fourth-order valence-electron chi connectivity index (χ4n) is 2.41. The smallest absolute Gasteiger partial charge is 0.0542 e. The summed E-state index contributed by atoms with van der Waals surface area (Å²) in [7, 11) is 0. The highest BCUT2D eigenvalue weighted by molar-refractivity contribution is 7.33. The van der Waals surface area contributed by atoms with Gasteiger partial charge in [-0.25, -0.2) is 0 Å². The maximum Gasteiger partial charge on any atom is 0.0542 e. The van der Waals surface area contributed by atoms with Gasteiger partial charge in [-0.3, -0.25) is 0 Å². The molecule has 3 aromatic rings. The number of hydrogen-bond acceptors (Lipinski definition) is 2. The first-order chi connectivity index (χ1) is 9.83. The van der Waals surface area contributed by atoms with E-state index in [9.17, 15) is 0 Å². The summed E-state index contributed by atoms with van der Waals surface area (Å²) >= 11 is 3.84. The molecule has 0 aliphatic heterocycles. The number of fused-ring (bicyclic) bond motifs is 5. The standard InChI is InChI=1S/C16H12S2.C2H6/c1-10-6-8-12-14(9-7-10)18-15-11-4-2-3-5-13(11)17-16(12)15;1-2/h2-10H,1H3;1-2H3. The van der Waals surface area contributed by atoms with Crippen LogP contribution in [0.4, 0.5) is 0 Å². The largest absolute Gasteiger partial charge is 0.134 e. The summed E-state index contributed by atoms with van der Waals surface area (Å²) < 4.78 is 4.30. The van der Waals surface area contributed by atoms with Crippen molar-refractivity contribution in [2.75, 3.05) is 0 Å². The first-order valence-electron chi connectivity index (χ1n) is 7.13. The molecule has 1 aliphatic rings. The zero-order valence-corrected chi connectivity index (χ0v) is 13.6. The van der Waals surface area contributed by atoms with Crippen molar-refractivity contribution in [2.24, 2.45) is 5.92 Å². The molecule has 0 fully saturated rings. The molecular weight excluding hydrogens is 280 g/mol. The predicted octanol–water partition coefficient (Wildman–Crippen LogP) is 6.82. The van der Waals surface area contributed by atoms with Crippen molar-refractivity contribution < 1.29 is 0 Å². The second kappa shape index (κ2) is 5.55. The molecule has 1 aromatic carbocycles. The molecule has 20 heavy (non-hydrogen) atoms. The van der Waals surface area contributed by atoms with Crippen molar-refractivity contribution >= 4 is 54.3 Å². The van der Waals surface area contributed by atoms with Gasteiger partial charge in [0.05, 0.1) is 9.40 Å². The first-order valence-corrected chi connectivity index (χ1v) is 8.76. The second-order valence-corrected chi connectivity index (χ2v) is 6.82. The third kappa shape index (κ3) is 2.13. The second-order valence-electron chi connectivity index (χ2n) is 4.71. The van der Waals surface area contributed by atoms with E-state index < -0.39 is 0 Å². The first kappa shape index (κ1) is 13.6. The molecule has 2 aromatic heterocycles. The number of allylic oxidation sites excluding steroid dienone is 2.